The molecule has 16 heavy (non-hydrogen) atoms. The van der Waals surface area contributed by atoms with Crippen molar-refractivity contribution in [2.45, 2.75) is 44.4 Å². The molecule has 0 amide bonds. The lowest BCUT2D eigenvalue weighted by atomic mass is 9.96. The van der Waals surface area contributed by atoms with Gasteiger partial charge in [0.05, 0.1) is 6.54 Å². The molecule has 1 aliphatic carbocycles. The van der Waals surface area contributed by atoms with Gasteiger partial charge in [-0.15, -0.1) is 0 Å². The molecule has 0 atom stereocenters. The summed E-state index contributed by atoms with van der Waals surface area (Å²) in [7, 11) is 3.24. The number of ether oxygens (including phenoxy) is 2. The van der Waals surface area contributed by atoms with Crippen LogP contribution in [0.15, 0.2) is 0 Å². The molecule has 0 bridgehead atoms. The summed E-state index contributed by atoms with van der Waals surface area (Å²) in [6.45, 7) is 0.575. The number of nitrogens with one attached hydrogen (secondary N) is 2. The molecule has 0 heterocycles. The third-order valence-electron chi connectivity index (χ3n) is 2.90. The van der Waals surface area contributed by atoms with E-state index >= 15 is 0 Å². The fourth-order valence-electron chi connectivity index (χ4n) is 1.92. The lowest BCUT2D eigenvalue weighted by molar-refractivity contribution is -0.0965. The first-order valence-electron chi connectivity index (χ1n) is 5.86. The Labute approximate surface area is 103 Å². The minimum atomic E-state index is -0.244. The maximum Gasteiger partial charge on any atom is 0.174 e. The number of rotatable bonds is 5. The van der Waals surface area contributed by atoms with Crippen molar-refractivity contribution in [1.29, 1.82) is 0 Å². The monoisotopic (exact) mass is 246 g/mol. The van der Waals surface area contributed by atoms with Gasteiger partial charge in [0.2, 0.25) is 0 Å². The van der Waals surface area contributed by atoms with Crippen molar-refractivity contribution in [2.75, 3.05) is 20.8 Å². The van der Waals surface area contributed by atoms with Crippen LogP contribution >= 0.6 is 12.2 Å². The normalized spacial score (nSPS) is 17.4. The highest BCUT2D eigenvalue weighted by atomic mass is 32.1. The average molecular weight is 246 g/mol. The lowest BCUT2D eigenvalue weighted by Gasteiger charge is -2.25. The molecule has 1 rings (SSSR count). The molecule has 1 fully saturated rings. The van der Waals surface area contributed by atoms with Gasteiger partial charge in [0, 0.05) is 20.3 Å². The summed E-state index contributed by atoms with van der Waals surface area (Å²) < 4.78 is 10.1. The maximum atomic E-state index is 5.22. The van der Waals surface area contributed by atoms with Gasteiger partial charge >= 0.3 is 0 Å². The van der Waals surface area contributed by atoms with Crippen LogP contribution in [0.4, 0.5) is 0 Å². The molecule has 1 aliphatic rings. The van der Waals surface area contributed by atoms with Crippen molar-refractivity contribution in [3.63, 3.8) is 0 Å². The molecule has 4 nitrogen and oxygen atoms in total. The van der Waals surface area contributed by atoms with Crippen molar-refractivity contribution in [1.82, 2.24) is 10.6 Å². The standard InChI is InChI=1S/C11H22N2O2S/c1-14-10(15-2)8-12-11(16)13-9-6-4-3-5-7-9/h9-10H,3-8H2,1-2H3,(H2,12,13,16). The molecule has 0 aromatic rings. The third kappa shape index (κ3) is 5.09. The van der Waals surface area contributed by atoms with Crippen molar-refractivity contribution >= 4 is 17.3 Å². The van der Waals surface area contributed by atoms with Crippen LogP contribution in [0.25, 0.3) is 0 Å². The average Bonchev–Trinajstić information content (AvgIpc) is 2.31. The van der Waals surface area contributed by atoms with E-state index < -0.39 is 0 Å². The zero-order chi connectivity index (χ0) is 11.8. The van der Waals surface area contributed by atoms with Gasteiger partial charge in [-0.3, -0.25) is 0 Å². The molecular formula is C11H22N2O2S. The molecule has 2 N–H and O–H groups in total. The summed E-state index contributed by atoms with van der Waals surface area (Å²) in [5, 5.41) is 7.13. The van der Waals surface area contributed by atoms with E-state index in [0.717, 1.165) is 0 Å². The Balaban J connectivity index is 2.14. The smallest absolute Gasteiger partial charge is 0.174 e. The van der Waals surface area contributed by atoms with E-state index in [4.69, 9.17) is 21.7 Å². The van der Waals surface area contributed by atoms with Crippen LogP contribution < -0.4 is 10.6 Å². The Morgan fingerprint density at radius 2 is 1.88 bits per heavy atom. The molecule has 0 radical (unpaired) electrons. The van der Waals surface area contributed by atoms with Crippen LogP contribution in [0.5, 0.6) is 0 Å². The van der Waals surface area contributed by atoms with E-state index in [1.807, 2.05) is 0 Å². The van der Waals surface area contributed by atoms with Gasteiger partial charge in [-0.1, -0.05) is 19.3 Å². The fourth-order valence-corrected chi connectivity index (χ4v) is 2.17. The Kier molecular flexibility index (Phi) is 6.68. The second-order valence-electron chi connectivity index (χ2n) is 4.09. The van der Waals surface area contributed by atoms with E-state index in [9.17, 15) is 0 Å². The van der Waals surface area contributed by atoms with E-state index in [2.05, 4.69) is 10.6 Å². The van der Waals surface area contributed by atoms with Crippen LogP contribution in [-0.4, -0.2) is 38.2 Å². The van der Waals surface area contributed by atoms with E-state index in [1.54, 1.807) is 14.2 Å². The predicted molar refractivity (Wildman–Crippen MR) is 68.4 cm³/mol. The predicted octanol–water partition coefficient (Wildman–Crippen LogP) is 1.40. The molecular weight excluding hydrogens is 224 g/mol. The van der Waals surface area contributed by atoms with Crippen molar-refractivity contribution in [3.05, 3.63) is 0 Å². The van der Waals surface area contributed by atoms with Crippen LogP contribution in [0.1, 0.15) is 32.1 Å². The fraction of sp³-hybridized carbons (Fsp3) is 0.909. The molecule has 1 saturated carbocycles. The summed E-state index contributed by atoms with van der Waals surface area (Å²) in [6.07, 6.45) is 6.16. The van der Waals surface area contributed by atoms with E-state index in [0.29, 0.717) is 17.7 Å². The largest absolute Gasteiger partial charge is 0.360 e. The van der Waals surface area contributed by atoms with Crippen LogP contribution in [0.3, 0.4) is 0 Å². The Morgan fingerprint density at radius 1 is 1.25 bits per heavy atom. The van der Waals surface area contributed by atoms with Gasteiger partial charge in [0.1, 0.15) is 0 Å². The van der Waals surface area contributed by atoms with Crippen LogP contribution in [0, 0.1) is 0 Å². The molecule has 0 aromatic heterocycles. The zero-order valence-electron chi connectivity index (χ0n) is 10.1. The molecule has 5 heteroatoms. The topological polar surface area (TPSA) is 42.5 Å². The van der Waals surface area contributed by atoms with Crippen molar-refractivity contribution < 1.29 is 9.47 Å². The quantitative estimate of drug-likeness (QED) is 0.567. The molecule has 0 aliphatic heterocycles. The summed E-state index contributed by atoms with van der Waals surface area (Å²) in [6, 6.07) is 0.539. The summed E-state index contributed by atoms with van der Waals surface area (Å²) in [5.41, 5.74) is 0. The Bertz CT molecular complexity index is 204. The zero-order valence-corrected chi connectivity index (χ0v) is 10.9. The van der Waals surface area contributed by atoms with Crippen molar-refractivity contribution in [3.8, 4) is 0 Å². The highest BCUT2D eigenvalue weighted by molar-refractivity contribution is 7.80. The first-order chi connectivity index (χ1) is 7.76. The Hall–Kier alpha value is -0.390. The van der Waals surface area contributed by atoms with Gasteiger partial charge < -0.3 is 20.1 Å². The first-order valence-corrected chi connectivity index (χ1v) is 6.27. The second kappa shape index (κ2) is 7.81. The molecule has 0 aromatic carbocycles. The van der Waals surface area contributed by atoms with Gasteiger partial charge in [-0.2, -0.15) is 0 Å². The van der Waals surface area contributed by atoms with Crippen molar-refractivity contribution in [2.24, 2.45) is 0 Å². The Morgan fingerprint density at radius 3 is 2.44 bits per heavy atom. The molecule has 0 saturated heterocycles. The second-order valence-corrected chi connectivity index (χ2v) is 4.50. The SMILES string of the molecule is COC(CNC(=S)NC1CCCCC1)OC. The van der Waals surface area contributed by atoms with Crippen LogP contribution in [-0.2, 0) is 9.47 Å². The number of hydrogen-bond donors (Lipinski definition) is 2. The third-order valence-corrected chi connectivity index (χ3v) is 3.16. The van der Waals surface area contributed by atoms with Gasteiger partial charge in [-0.25, -0.2) is 0 Å². The van der Waals surface area contributed by atoms with E-state index in [-0.39, 0.29) is 6.29 Å². The molecule has 94 valence electrons. The van der Waals surface area contributed by atoms with Gasteiger partial charge in [-0.05, 0) is 25.1 Å². The first kappa shape index (κ1) is 13.7. The minimum Gasteiger partial charge on any atom is -0.360 e. The highest BCUT2D eigenvalue weighted by Gasteiger charge is 2.14. The number of thiocarbonyl (C=S) groups is 1. The van der Waals surface area contributed by atoms with Gasteiger partial charge in [0.15, 0.2) is 11.4 Å². The minimum absolute atomic E-state index is 0.244. The number of methoxy groups -OCH3 is 2. The summed E-state index contributed by atoms with van der Waals surface area (Å²) >= 11 is 5.22. The summed E-state index contributed by atoms with van der Waals surface area (Å²) in [4.78, 5) is 0. The highest BCUT2D eigenvalue weighted by Crippen LogP contribution is 2.17. The molecule has 0 unspecified atom stereocenters. The maximum absolute atomic E-state index is 5.22. The lowest BCUT2D eigenvalue weighted by Crippen LogP contribution is -2.45. The molecule has 0 spiro atoms. The van der Waals surface area contributed by atoms with E-state index in [1.165, 1.54) is 32.1 Å². The van der Waals surface area contributed by atoms with Crippen LogP contribution in [0.2, 0.25) is 0 Å². The van der Waals surface area contributed by atoms with Gasteiger partial charge in [0.25, 0.3) is 0 Å². The summed E-state index contributed by atoms with van der Waals surface area (Å²) in [5.74, 6) is 0. The number of hydrogen-bond acceptors (Lipinski definition) is 3.